The highest BCUT2D eigenvalue weighted by atomic mass is 16.5. The van der Waals surface area contributed by atoms with Crippen molar-refractivity contribution in [3.8, 4) is 11.4 Å². The van der Waals surface area contributed by atoms with Crippen LogP contribution in [0.15, 0.2) is 35.3 Å². The SMILES string of the molecule is CC(=O)N1CCC[C@H](Cn2c(-c3cc(C)c(=O)n(C)c3)nc3cc(CN[C@H](C(=O)OC(C)C)C(C)C)ccc32)C1. The molecule has 1 saturated heterocycles. The fourth-order valence-electron chi connectivity index (χ4n) is 5.57. The second kappa shape index (κ2) is 12.4. The molecule has 1 aromatic carbocycles. The van der Waals surface area contributed by atoms with Gasteiger partial charge in [-0.2, -0.15) is 0 Å². The monoisotopic (exact) mass is 549 g/mol. The van der Waals surface area contributed by atoms with E-state index < -0.39 is 6.04 Å². The number of aromatic nitrogens is 3. The Morgan fingerprint density at radius 2 is 1.93 bits per heavy atom. The molecule has 9 heteroatoms. The Bertz CT molecular complexity index is 1410. The van der Waals surface area contributed by atoms with E-state index in [1.54, 1.807) is 18.5 Å². The van der Waals surface area contributed by atoms with Crippen molar-refractivity contribution in [3.05, 3.63) is 51.9 Å². The number of fused-ring (bicyclic) bond motifs is 1. The molecule has 0 unspecified atom stereocenters. The van der Waals surface area contributed by atoms with Crippen molar-refractivity contribution >= 4 is 22.9 Å². The normalized spacial score (nSPS) is 16.6. The second-order valence-corrected chi connectivity index (χ2v) is 11.8. The van der Waals surface area contributed by atoms with Crippen molar-refractivity contribution < 1.29 is 14.3 Å². The molecule has 1 amide bonds. The van der Waals surface area contributed by atoms with Crippen LogP contribution in [0, 0.1) is 18.8 Å². The van der Waals surface area contributed by atoms with Crippen LogP contribution in [0.1, 0.15) is 58.6 Å². The molecule has 9 nitrogen and oxygen atoms in total. The smallest absolute Gasteiger partial charge is 0.323 e. The number of carbonyl (C=O) groups excluding carboxylic acids is 2. The van der Waals surface area contributed by atoms with Gasteiger partial charge >= 0.3 is 5.97 Å². The number of piperidine rings is 1. The summed E-state index contributed by atoms with van der Waals surface area (Å²) < 4.78 is 9.29. The number of rotatable bonds is 9. The summed E-state index contributed by atoms with van der Waals surface area (Å²) in [6.07, 6.45) is 3.70. The molecule has 40 heavy (non-hydrogen) atoms. The van der Waals surface area contributed by atoms with Gasteiger partial charge in [-0.3, -0.25) is 14.4 Å². The van der Waals surface area contributed by atoms with Gasteiger partial charge < -0.3 is 24.1 Å². The minimum atomic E-state index is -0.407. The van der Waals surface area contributed by atoms with Crippen LogP contribution in [0.4, 0.5) is 0 Å². The van der Waals surface area contributed by atoms with Gasteiger partial charge in [0.05, 0.1) is 17.1 Å². The molecule has 216 valence electrons. The van der Waals surface area contributed by atoms with Crippen molar-refractivity contribution in [1.29, 1.82) is 0 Å². The predicted octanol–water partition coefficient (Wildman–Crippen LogP) is 4.03. The lowest BCUT2D eigenvalue weighted by atomic mass is 9.97. The number of nitrogens with one attached hydrogen (secondary N) is 1. The number of hydrogen-bond donors (Lipinski definition) is 1. The van der Waals surface area contributed by atoms with Gasteiger partial charge in [-0.05, 0) is 69.2 Å². The molecule has 2 aromatic heterocycles. The van der Waals surface area contributed by atoms with Crippen molar-refractivity contribution in [2.75, 3.05) is 13.1 Å². The molecular weight excluding hydrogens is 506 g/mol. The standard InChI is InChI=1S/C31H43N5O4/c1-19(2)28(31(39)40-20(3)4)32-15-23-10-11-27-26(14-23)33-29(25-13-21(5)30(38)34(7)18-25)36(27)17-24-9-8-12-35(16-24)22(6)37/h10-11,13-14,18-20,24,28,32H,8-9,12,15-17H2,1-7H3/t24-,28-/m0/s1. The van der Waals surface area contributed by atoms with Gasteiger partial charge in [0.2, 0.25) is 5.91 Å². The lowest BCUT2D eigenvalue weighted by Crippen LogP contribution is -2.42. The van der Waals surface area contributed by atoms with Crippen LogP contribution < -0.4 is 10.9 Å². The number of benzene rings is 1. The number of aryl methyl sites for hydroxylation is 2. The Morgan fingerprint density at radius 1 is 1.18 bits per heavy atom. The molecule has 0 spiro atoms. The number of esters is 1. The maximum atomic E-state index is 12.6. The van der Waals surface area contributed by atoms with Gasteiger partial charge in [0.25, 0.3) is 5.56 Å². The first-order valence-electron chi connectivity index (χ1n) is 14.3. The van der Waals surface area contributed by atoms with E-state index in [9.17, 15) is 14.4 Å². The fraction of sp³-hybridized carbons (Fsp3) is 0.548. The van der Waals surface area contributed by atoms with Crippen LogP contribution in [0.3, 0.4) is 0 Å². The van der Waals surface area contributed by atoms with Gasteiger partial charge in [0.1, 0.15) is 11.9 Å². The largest absolute Gasteiger partial charge is 0.462 e. The minimum Gasteiger partial charge on any atom is -0.462 e. The van der Waals surface area contributed by atoms with E-state index >= 15 is 0 Å². The maximum Gasteiger partial charge on any atom is 0.323 e. The third-order valence-electron chi connectivity index (χ3n) is 7.64. The zero-order chi connectivity index (χ0) is 29.1. The number of imidazole rings is 1. The van der Waals surface area contributed by atoms with Crippen molar-refractivity contribution in [1.82, 2.24) is 24.3 Å². The summed E-state index contributed by atoms with van der Waals surface area (Å²) in [5.41, 5.74) is 4.39. The highest BCUT2D eigenvalue weighted by molar-refractivity contribution is 5.81. The van der Waals surface area contributed by atoms with Crippen LogP contribution in [0.25, 0.3) is 22.4 Å². The lowest BCUT2D eigenvalue weighted by molar-refractivity contribution is -0.151. The number of ether oxygens (including phenoxy) is 1. The van der Waals surface area contributed by atoms with E-state index in [2.05, 4.69) is 28.1 Å². The van der Waals surface area contributed by atoms with Crippen molar-refractivity contribution in [2.24, 2.45) is 18.9 Å². The average Bonchev–Trinajstić information content (AvgIpc) is 3.24. The number of amides is 1. The van der Waals surface area contributed by atoms with Crippen molar-refractivity contribution in [2.45, 2.75) is 79.6 Å². The van der Waals surface area contributed by atoms with Crippen LogP contribution in [0.5, 0.6) is 0 Å². The fourth-order valence-corrected chi connectivity index (χ4v) is 5.57. The van der Waals surface area contributed by atoms with Crippen LogP contribution in [0.2, 0.25) is 0 Å². The average molecular weight is 550 g/mol. The first-order valence-corrected chi connectivity index (χ1v) is 14.3. The molecule has 0 aliphatic carbocycles. The van der Waals surface area contributed by atoms with E-state index in [1.807, 2.05) is 51.8 Å². The van der Waals surface area contributed by atoms with Crippen LogP contribution >= 0.6 is 0 Å². The topological polar surface area (TPSA) is 98.5 Å². The zero-order valence-corrected chi connectivity index (χ0v) is 24.9. The van der Waals surface area contributed by atoms with E-state index in [-0.39, 0.29) is 29.5 Å². The summed E-state index contributed by atoms with van der Waals surface area (Å²) in [5.74, 6) is 1.07. The Hall–Kier alpha value is -3.46. The summed E-state index contributed by atoms with van der Waals surface area (Å²) in [6, 6.07) is 7.71. The van der Waals surface area contributed by atoms with E-state index in [0.29, 0.717) is 18.0 Å². The zero-order valence-electron chi connectivity index (χ0n) is 24.9. The molecular formula is C31H43N5O4. The first-order chi connectivity index (χ1) is 18.9. The van der Waals surface area contributed by atoms with E-state index in [0.717, 1.165) is 60.5 Å². The molecule has 3 heterocycles. The molecule has 2 atom stereocenters. The summed E-state index contributed by atoms with van der Waals surface area (Å²) in [7, 11) is 1.76. The molecule has 0 bridgehead atoms. The number of hydrogen-bond acceptors (Lipinski definition) is 6. The molecule has 1 aliphatic heterocycles. The Kier molecular flexibility index (Phi) is 9.13. The molecule has 1 N–H and O–H groups in total. The number of pyridine rings is 1. The molecule has 3 aromatic rings. The van der Waals surface area contributed by atoms with E-state index in [1.165, 1.54) is 0 Å². The highest BCUT2D eigenvalue weighted by Crippen LogP contribution is 2.29. The maximum absolute atomic E-state index is 12.6. The minimum absolute atomic E-state index is 0.0279. The van der Waals surface area contributed by atoms with Crippen molar-refractivity contribution in [3.63, 3.8) is 0 Å². The third-order valence-corrected chi connectivity index (χ3v) is 7.64. The van der Waals surface area contributed by atoms with Gasteiger partial charge in [0.15, 0.2) is 0 Å². The van der Waals surface area contributed by atoms with E-state index in [4.69, 9.17) is 9.72 Å². The van der Waals surface area contributed by atoms with Gasteiger partial charge in [0, 0.05) is 57.5 Å². The van der Waals surface area contributed by atoms with Gasteiger partial charge in [-0.25, -0.2) is 4.98 Å². The first kappa shape index (κ1) is 29.5. The summed E-state index contributed by atoms with van der Waals surface area (Å²) in [5, 5.41) is 3.38. The number of carbonyl (C=O) groups is 2. The lowest BCUT2D eigenvalue weighted by Gasteiger charge is -2.32. The third kappa shape index (κ3) is 6.63. The molecule has 0 radical (unpaired) electrons. The summed E-state index contributed by atoms with van der Waals surface area (Å²) >= 11 is 0. The van der Waals surface area contributed by atoms with Crippen LogP contribution in [-0.4, -0.2) is 56.1 Å². The molecule has 4 rings (SSSR count). The Morgan fingerprint density at radius 3 is 2.58 bits per heavy atom. The Balaban J connectivity index is 1.68. The number of likely N-dealkylation sites (tertiary alicyclic amines) is 1. The van der Waals surface area contributed by atoms with Crippen LogP contribution in [-0.2, 0) is 34.5 Å². The van der Waals surface area contributed by atoms with Gasteiger partial charge in [-0.1, -0.05) is 19.9 Å². The molecule has 0 saturated carbocycles. The summed E-state index contributed by atoms with van der Waals surface area (Å²) in [4.78, 5) is 44.1. The van der Waals surface area contributed by atoms with Gasteiger partial charge in [-0.15, -0.1) is 0 Å². The Labute approximate surface area is 236 Å². The molecule has 1 fully saturated rings. The predicted molar refractivity (Wildman–Crippen MR) is 157 cm³/mol. The molecule has 1 aliphatic rings. The quantitative estimate of drug-likeness (QED) is 0.405. The summed E-state index contributed by atoms with van der Waals surface area (Å²) in [6.45, 7) is 13.9. The number of nitrogens with zero attached hydrogens (tertiary/aromatic N) is 4. The second-order valence-electron chi connectivity index (χ2n) is 11.8. The highest BCUT2D eigenvalue weighted by Gasteiger charge is 2.26.